The largest absolute Gasteiger partial charge is 0.382 e. The van der Waals surface area contributed by atoms with Crippen LogP contribution in [0.25, 0.3) is 5.70 Å². The third-order valence-electron chi connectivity index (χ3n) is 6.26. The van der Waals surface area contributed by atoms with E-state index in [1.54, 1.807) is 6.20 Å². The molecule has 5 nitrogen and oxygen atoms in total. The lowest BCUT2D eigenvalue weighted by Gasteiger charge is -2.22. The third kappa shape index (κ3) is 6.81. The molecule has 6 heteroatoms. The molecule has 1 aromatic rings. The Morgan fingerprint density at radius 2 is 2.10 bits per heavy atom. The summed E-state index contributed by atoms with van der Waals surface area (Å²) in [5.41, 5.74) is 2.39. The molecule has 3 rings (SSSR count). The highest BCUT2D eigenvalue weighted by Gasteiger charge is 2.17. The normalized spacial score (nSPS) is 21.2. The molecule has 2 fully saturated rings. The molecule has 2 aliphatic rings. The molecule has 0 aromatic carbocycles. The van der Waals surface area contributed by atoms with Crippen molar-refractivity contribution in [3.05, 3.63) is 51.5 Å². The Morgan fingerprint density at radius 1 is 1.29 bits per heavy atom. The lowest BCUT2D eigenvalue weighted by atomic mass is 9.98. The summed E-state index contributed by atoms with van der Waals surface area (Å²) >= 11 is 6.45. The smallest absolute Gasteiger partial charge is 0.292 e. The van der Waals surface area contributed by atoms with Crippen molar-refractivity contribution in [1.82, 2.24) is 9.78 Å². The van der Waals surface area contributed by atoms with E-state index >= 15 is 0 Å². The SMILES string of the molecule is CCC/C=C/C(=C\C=C(/C)C1CCCC1)n1ncc(NCC2CCCOC2)c(Cl)c1=O. The minimum Gasteiger partial charge on any atom is -0.382 e. The molecule has 0 spiro atoms. The van der Waals surface area contributed by atoms with Crippen LogP contribution in [0.1, 0.15) is 65.2 Å². The van der Waals surface area contributed by atoms with Gasteiger partial charge in [-0.15, -0.1) is 0 Å². The van der Waals surface area contributed by atoms with Gasteiger partial charge >= 0.3 is 0 Å². The van der Waals surface area contributed by atoms with Crippen LogP contribution < -0.4 is 10.9 Å². The predicted octanol–water partition coefficient (Wildman–Crippen LogP) is 6.07. The van der Waals surface area contributed by atoms with Gasteiger partial charge in [0.2, 0.25) is 0 Å². The van der Waals surface area contributed by atoms with Gasteiger partial charge in [0, 0.05) is 13.2 Å². The molecule has 1 unspecified atom stereocenters. The lowest BCUT2D eigenvalue weighted by molar-refractivity contribution is 0.0595. The second kappa shape index (κ2) is 12.3. The number of anilines is 1. The average molecular weight is 446 g/mol. The molecule has 1 N–H and O–H groups in total. The van der Waals surface area contributed by atoms with E-state index in [4.69, 9.17) is 16.3 Å². The van der Waals surface area contributed by atoms with Crippen LogP contribution in [0.2, 0.25) is 5.02 Å². The molecule has 31 heavy (non-hydrogen) atoms. The van der Waals surface area contributed by atoms with E-state index in [-0.39, 0.29) is 10.6 Å². The van der Waals surface area contributed by atoms with Crippen LogP contribution in [0.5, 0.6) is 0 Å². The summed E-state index contributed by atoms with van der Waals surface area (Å²) in [6.45, 7) is 6.64. The van der Waals surface area contributed by atoms with Gasteiger partial charge in [-0.05, 0) is 63.0 Å². The number of hydrogen-bond donors (Lipinski definition) is 1. The number of allylic oxidation sites excluding steroid dienone is 6. The van der Waals surface area contributed by atoms with E-state index in [2.05, 4.69) is 36.4 Å². The summed E-state index contributed by atoms with van der Waals surface area (Å²) in [5, 5.41) is 7.91. The van der Waals surface area contributed by atoms with Crippen LogP contribution >= 0.6 is 11.6 Å². The number of nitrogens with zero attached hydrogens (tertiary/aromatic N) is 2. The highest BCUT2D eigenvalue weighted by atomic mass is 35.5. The maximum absolute atomic E-state index is 13.0. The highest BCUT2D eigenvalue weighted by molar-refractivity contribution is 6.33. The van der Waals surface area contributed by atoms with Crippen LogP contribution in [0.3, 0.4) is 0 Å². The van der Waals surface area contributed by atoms with Gasteiger partial charge in [-0.3, -0.25) is 4.79 Å². The number of halogens is 1. The Bertz CT molecular complexity index is 860. The maximum atomic E-state index is 13.0. The zero-order valence-corrected chi connectivity index (χ0v) is 19.7. The van der Waals surface area contributed by atoms with Crippen molar-refractivity contribution in [3.8, 4) is 0 Å². The van der Waals surface area contributed by atoms with Crippen molar-refractivity contribution in [2.45, 2.75) is 65.2 Å². The quantitative estimate of drug-likeness (QED) is 0.468. The van der Waals surface area contributed by atoms with Crippen molar-refractivity contribution in [1.29, 1.82) is 0 Å². The number of unbranched alkanes of at least 4 members (excludes halogenated alkanes) is 1. The monoisotopic (exact) mass is 445 g/mol. The molecular formula is C25H36ClN3O2. The fourth-order valence-corrected chi connectivity index (χ4v) is 4.46. The molecule has 0 amide bonds. The molecule has 1 aliphatic heterocycles. The van der Waals surface area contributed by atoms with Crippen molar-refractivity contribution >= 4 is 23.0 Å². The van der Waals surface area contributed by atoms with Gasteiger partial charge in [0.25, 0.3) is 5.56 Å². The Morgan fingerprint density at radius 3 is 2.81 bits per heavy atom. The summed E-state index contributed by atoms with van der Waals surface area (Å²) in [4.78, 5) is 13.0. The van der Waals surface area contributed by atoms with Crippen LogP contribution in [0.15, 0.2) is 40.9 Å². The van der Waals surface area contributed by atoms with Gasteiger partial charge in [-0.2, -0.15) is 9.78 Å². The molecular weight excluding hydrogens is 410 g/mol. The van der Waals surface area contributed by atoms with E-state index in [1.165, 1.54) is 35.9 Å². The average Bonchev–Trinajstić information content (AvgIpc) is 3.33. The van der Waals surface area contributed by atoms with E-state index in [0.717, 1.165) is 51.1 Å². The Labute approximate surface area is 191 Å². The minimum atomic E-state index is -0.300. The van der Waals surface area contributed by atoms with Crippen molar-refractivity contribution in [3.63, 3.8) is 0 Å². The van der Waals surface area contributed by atoms with E-state index in [0.29, 0.717) is 17.5 Å². The van der Waals surface area contributed by atoms with Crippen LogP contribution in [-0.4, -0.2) is 29.5 Å². The zero-order chi connectivity index (χ0) is 22.1. The van der Waals surface area contributed by atoms with Crippen molar-refractivity contribution < 1.29 is 4.74 Å². The van der Waals surface area contributed by atoms with Crippen molar-refractivity contribution in [2.24, 2.45) is 11.8 Å². The molecule has 1 saturated heterocycles. The first-order valence-electron chi connectivity index (χ1n) is 11.7. The number of rotatable bonds is 9. The number of aromatic nitrogens is 2. The second-order valence-corrected chi connectivity index (χ2v) is 9.11. The molecule has 0 bridgehead atoms. The van der Waals surface area contributed by atoms with Crippen LogP contribution in [0.4, 0.5) is 5.69 Å². The Balaban J connectivity index is 1.80. The number of nitrogens with one attached hydrogen (secondary N) is 1. The fourth-order valence-electron chi connectivity index (χ4n) is 4.26. The summed E-state index contributed by atoms with van der Waals surface area (Å²) in [5.74, 6) is 1.09. The third-order valence-corrected chi connectivity index (χ3v) is 6.62. The van der Waals surface area contributed by atoms with E-state index < -0.39 is 0 Å². The van der Waals surface area contributed by atoms with Gasteiger partial charge in [0.15, 0.2) is 0 Å². The van der Waals surface area contributed by atoms with Crippen molar-refractivity contribution in [2.75, 3.05) is 25.1 Å². The fraction of sp³-hybridized carbons (Fsp3) is 0.600. The Hall–Kier alpha value is -1.85. The standard InChI is InChI=1S/C25H36ClN3O2/c1-3-4-5-12-22(14-13-19(2)21-10-6-7-11-21)29-25(30)24(26)23(17-28-29)27-16-20-9-8-15-31-18-20/h5,12-14,17,20-21,27H,3-4,6-11,15-16,18H2,1-2H3/b12-5+,19-13+,22-14+. The second-order valence-electron chi connectivity index (χ2n) is 8.73. The summed E-state index contributed by atoms with van der Waals surface area (Å²) in [6.07, 6.45) is 19.2. The Kier molecular flexibility index (Phi) is 9.41. The molecule has 170 valence electrons. The van der Waals surface area contributed by atoms with Gasteiger partial charge < -0.3 is 10.1 Å². The lowest BCUT2D eigenvalue weighted by Crippen LogP contribution is -2.27. The van der Waals surface area contributed by atoms with Gasteiger partial charge in [-0.25, -0.2) is 0 Å². The van der Waals surface area contributed by atoms with Crippen LogP contribution in [-0.2, 0) is 4.74 Å². The van der Waals surface area contributed by atoms with Gasteiger partial charge in [0.05, 0.1) is 24.2 Å². The van der Waals surface area contributed by atoms with E-state index in [9.17, 15) is 4.79 Å². The molecule has 1 saturated carbocycles. The van der Waals surface area contributed by atoms with Crippen LogP contribution in [0, 0.1) is 11.8 Å². The molecule has 2 heterocycles. The zero-order valence-electron chi connectivity index (χ0n) is 18.9. The molecule has 1 aliphatic carbocycles. The molecule has 1 aromatic heterocycles. The minimum absolute atomic E-state index is 0.179. The first kappa shape index (κ1) is 23.8. The van der Waals surface area contributed by atoms with E-state index in [1.807, 2.05) is 12.2 Å². The molecule has 0 radical (unpaired) electrons. The molecule has 1 atom stereocenters. The number of hydrogen-bond acceptors (Lipinski definition) is 4. The highest BCUT2D eigenvalue weighted by Crippen LogP contribution is 2.31. The first-order valence-corrected chi connectivity index (χ1v) is 12.1. The first-order chi connectivity index (χ1) is 15.1. The maximum Gasteiger partial charge on any atom is 0.292 e. The predicted molar refractivity (Wildman–Crippen MR) is 130 cm³/mol. The van der Waals surface area contributed by atoms with Gasteiger partial charge in [0.1, 0.15) is 5.02 Å². The number of ether oxygens (including phenoxy) is 1. The summed E-state index contributed by atoms with van der Waals surface area (Å²) in [7, 11) is 0. The summed E-state index contributed by atoms with van der Waals surface area (Å²) < 4.78 is 6.93. The topological polar surface area (TPSA) is 56.1 Å². The summed E-state index contributed by atoms with van der Waals surface area (Å²) in [6, 6.07) is 0. The van der Waals surface area contributed by atoms with Gasteiger partial charge in [-0.1, -0.05) is 55.5 Å².